The van der Waals surface area contributed by atoms with E-state index in [1.54, 1.807) is 0 Å². The molecule has 142 heavy (non-hydrogen) atoms. The summed E-state index contributed by atoms with van der Waals surface area (Å²) in [6.45, 7) is 4.59. The first-order valence-electron chi connectivity index (χ1n) is 47.5. The third kappa shape index (κ3) is 16.2. The standard InChI is InChI=1S/C47H31N5O.C42H29N3O.C39H25N3O/c1-52-41-29-37(24-26-40(41)48-47(52)35-12-6-3-7-13-35)31-18-22-34(23-19-31)46-50-44(32-10-4-2-5-11-32)49-45(51-46)33-20-16-30(17-21-33)36-25-27-43-39(28-36)38-14-8-9-15-42(38)53-43;1-42(2)35-14-8-6-12-31(35)32-22-20-30(25-36(32)42)41-44-39(27-10-4-3-5-11-27)43-40(45-41)28-18-16-26(17-19-28)29-21-23-38-34(24-29)33-13-7-9-15-37(33)46-38;1-3-9-26(10-4-1)27-15-19-30(20-16-27)38-40-37(29-11-5-2-6-12-29)41-39(42-38)31-21-17-28(18-22-31)32-23-24-36-34(25-32)33-13-7-8-14-35(33)43-36/h2-29H,1H3;3-25H,1-2H3;1-25H. The normalized spacial score (nSPS) is 12.0. The molecule has 14 nitrogen and oxygen atoms in total. The van der Waals surface area contributed by atoms with Gasteiger partial charge in [-0.25, -0.2) is 49.8 Å². The predicted octanol–water partition coefficient (Wildman–Crippen LogP) is 32.5. The second-order valence-electron chi connectivity index (χ2n) is 36.2. The Morgan fingerprint density at radius 2 is 0.415 bits per heavy atom. The highest BCUT2D eigenvalue weighted by Crippen LogP contribution is 2.50. The Labute approximate surface area is 818 Å². The molecule has 0 spiro atoms. The van der Waals surface area contributed by atoms with E-state index in [-0.39, 0.29) is 5.41 Å². The Hall–Kier alpha value is -18.9. The maximum atomic E-state index is 6.05. The van der Waals surface area contributed by atoms with Crippen LogP contribution >= 0.6 is 0 Å². The van der Waals surface area contributed by atoms with E-state index in [1.807, 2.05) is 182 Å². The molecule has 1 aliphatic carbocycles. The lowest BCUT2D eigenvalue weighted by Crippen LogP contribution is -2.15. The van der Waals surface area contributed by atoms with Gasteiger partial charge < -0.3 is 17.8 Å². The Morgan fingerprint density at radius 3 is 0.775 bits per heavy atom. The molecule has 7 aromatic heterocycles. The minimum absolute atomic E-state index is 0.109. The maximum absolute atomic E-state index is 6.05. The monoisotopic (exact) mass is 1820 g/mol. The van der Waals surface area contributed by atoms with Crippen LogP contribution in [-0.2, 0) is 12.5 Å². The third-order valence-corrected chi connectivity index (χ3v) is 27.0. The second-order valence-corrected chi connectivity index (χ2v) is 36.2. The molecule has 0 saturated carbocycles. The first-order chi connectivity index (χ1) is 69.9. The van der Waals surface area contributed by atoms with Crippen molar-refractivity contribution in [3.63, 3.8) is 0 Å². The minimum atomic E-state index is -0.109. The first kappa shape index (κ1) is 84.8. The van der Waals surface area contributed by atoms with Crippen molar-refractivity contribution in [2.24, 2.45) is 7.05 Å². The molecule has 0 amide bonds. The molecule has 0 N–H and O–H groups in total. The Balaban J connectivity index is 0.000000113. The number of hydrogen-bond donors (Lipinski definition) is 0. The lowest BCUT2D eigenvalue weighted by molar-refractivity contribution is 0.660. The zero-order valence-electron chi connectivity index (χ0n) is 77.5. The minimum Gasteiger partial charge on any atom is -0.456 e. The van der Waals surface area contributed by atoms with E-state index in [0.29, 0.717) is 52.4 Å². The van der Waals surface area contributed by atoms with E-state index < -0.39 is 0 Å². The van der Waals surface area contributed by atoms with Crippen molar-refractivity contribution in [2.75, 3.05) is 0 Å². The summed E-state index contributed by atoms with van der Waals surface area (Å²) in [6.07, 6.45) is 0. The number of aromatic nitrogens is 11. The molecule has 14 heteroatoms. The van der Waals surface area contributed by atoms with E-state index >= 15 is 0 Å². The zero-order chi connectivity index (χ0) is 94.7. The second kappa shape index (κ2) is 36.0. The van der Waals surface area contributed by atoms with Crippen molar-refractivity contribution < 1.29 is 13.3 Å². The van der Waals surface area contributed by atoms with Gasteiger partial charge in [-0.05, 0) is 151 Å². The van der Waals surface area contributed by atoms with Crippen molar-refractivity contribution in [3.05, 3.63) is 472 Å². The van der Waals surface area contributed by atoms with Crippen LogP contribution in [0.3, 0.4) is 0 Å². The largest absolute Gasteiger partial charge is 0.456 e. The van der Waals surface area contributed by atoms with Crippen LogP contribution in [-0.4, -0.2) is 54.4 Å². The van der Waals surface area contributed by atoms with Gasteiger partial charge in [-0.1, -0.05) is 402 Å². The average molecular weight is 1830 g/mol. The summed E-state index contributed by atoms with van der Waals surface area (Å²) in [5.74, 6) is 6.73. The highest BCUT2D eigenvalue weighted by molar-refractivity contribution is 6.09. The average Bonchev–Trinajstić information content (AvgIpc) is 1.57. The van der Waals surface area contributed by atoms with Crippen LogP contribution in [0.5, 0.6) is 0 Å². The first-order valence-corrected chi connectivity index (χ1v) is 47.5. The molecule has 26 aromatic rings. The smallest absolute Gasteiger partial charge is 0.164 e. The van der Waals surface area contributed by atoms with E-state index in [2.05, 4.69) is 305 Å². The SMILES string of the molecule is CC1(C)c2ccccc2-c2ccc(-c3nc(-c4ccccc4)nc(-c4ccc(-c5ccc6oc7ccccc7c6c5)cc4)n3)cc21.Cn1c(-c2ccccc2)nc2ccc(-c3ccc(-c4nc(-c5ccccc5)nc(-c5ccc(-c6ccc7oc8ccccc8c7c6)cc5)n4)cc3)cc21.c1ccc(-c2ccc(-c3nc(-c4ccccc4)nc(-c4ccc(-c5ccc6oc7ccccc7c6c5)cc4)n3)cc2)cc1. The number of nitrogens with zero attached hydrogens (tertiary/aromatic N) is 11. The summed E-state index contributed by atoms with van der Waals surface area (Å²) in [4.78, 5) is 49.6. The number of aryl methyl sites for hydroxylation is 1. The van der Waals surface area contributed by atoms with Gasteiger partial charge in [-0.3, -0.25) is 0 Å². The number of hydrogen-bond acceptors (Lipinski definition) is 13. The molecule has 1 aliphatic rings. The molecule has 0 fully saturated rings. The molecule has 0 saturated heterocycles. The fourth-order valence-electron chi connectivity index (χ4n) is 19.5. The molecule has 19 aromatic carbocycles. The topological polar surface area (TPSA) is 173 Å². The summed E-state index contributed by atoms with van der Waals surface area (Å²) < 4.78 is 20.3. The number of rotatable bonds is 15. The Bertz CT molecular complexity index is 9270. The van der Waals surface area contributed by atoms with Crippen molar-refractivity contribution >= 4 is 76.8 Å². The molecular formula is C128H85N11O3. The number of imidazole rings is 1. The third-order valence-electron chi connectivity index (χ3n) is 27.0. The lowest BCUT2D eigenvalue weighted by atomic mass is 9.82. The van der Waals surface area contributed by atoms with Gasteiger partial charge in [0, 0.05) is 100 Å². The van der Waals surface area contributed by atoms with Gasteiger partial charge in [0.15, 0.2) is 52.4 Å². The quantitative estimate of drug-likeness (QED) is 0.0949. The van der Waals surface area contributed by atoms with E-state index in [9.17, 15) is 0 Å². The highest BCUT2D eigenvalue weighted by Gasteiger charge is 2.36. The fourth-order valence-corrected chi connectivity index (χ4v) is 19.5. The van der Waals surface area contributed by atoms with Crippen molar-refractivity contribution in [1.29, 1.82) is 0 Å². The molecular weight excluding hydrogens is 1740 g/mol. The van der Waals surface area contributed by atoms with Gasteiger partial charge in [0.25, 0.3) is 0 Å². The summed E-state index contributed by atoms with van der Waals surface area (Å²) >= 11 is 0. The van der Waals surface area contributed by atoms with Crippen LogP contribution in [0.1, 0.15) is 25.0 Å². The van der Waals surface area contributed by atoms with Gasteiger partial charge in [0.1, 0.15) is 39.3 Å². The maximum Gasteiger partial charge on any atom is 0.164 e. The summed E-state index contributed by atoms with van der Waals surface area (Å²) in [6, 6.07) is 158. The van der Waals surface area contributed by atoms with Gasteiger partial charge in [-0.15, -0.1) is 0 Å². The van der Waals surface area contributed by atoms with Gasteiger partial charge in [0.2, 0.25) is 0 Å². The molecule has 0 radical (unpaired) electrons. The zero-order valence-corrected chi connectivity index (χ0v) is 77.5. The van der Waals surface area contributed by atoms with Crippen LogP contribution in [0.15, 0.2) is 474 Å². The molecule has 0 atom stereocenters. The van der Waals surface area contributed by atoms with E-state index in [4.69, 9.17) is 63.1 Å². The van der Waals surface area contributed by atoms with Gasteiger partial charge in [-0.2, -0.15) is 0 Å². The van der Waals surface area contributed by atoms with E-state index in [0.717, 1.165) is 188 Å². The summed E-state index contributed by atoms with van der Waals surface area (Å²) in [7, 11) is 2.07. The van der Waals surface area contributed by atoms with Crippen LogP contribution in [0.2, 0.25) is 0 Å². The van der Waals surface area contributed by atoms with E-state index in [1.165, 1.54) is 27.8 Å². The van der Waals surface area contributed by atoms with Crippen molar-refractivity contribution in [3.8, 4) is 181 Å². The number of benzene rings is 19. The van der Waals surface area contributed by atoms with Gasteiger partial charge >= 0.3 is 0 Å². The molecule has 670 valence electrons. The summed E-state index contributed by atoms with van der Waals surface area (Å²) in [5, 5.41) is 6.71. The number of fused-ring (bicyclic) bond motifs is 13. The Morgan fingerprint density at radius 1 is 0.176 bits per heavy atom. The predicted molar refractivity (Wildman–Crippen MR) is 575 cm³/mol. The van der Waals surface area contributed by atoms with Gasteiger partial charge in [0.05, 0.1) is 11.0 Å². The lowest BCUT2D eigenvalue weighted by Gasteiger charge is -2.21. The molecule has 0 bridgehead atoms. The summed E-state index contributed by atoms with van der Waals surface area (Å²) in [5.41, 5.74) is 33.4. The van der Waals surface area contributed by atoms with Crippen molar-refractivity contribution in [2.45, 2.75) is 19.3 Å². The fraction of sp³-hybridized carbons (Fsp3) is 0.0312. The molecule has 0 unspecified atom stereocenters. The van der Waals surface area contributed by atoms with Crippen molar-refractivity contribution in [1.82, 2.24) is 54.4 Å². The van der Waals surface area contributed by atoms with Crippen LogP contribution < -0.4 is 0 Å². The van der Waals surface area contributed by atoms with Crippen LogP contribution in [0.25, 0.3) is 257 Å². The molecule has 7 heterocycles. The number of para-hydroxylation sites is 3. The molecule has 0 aliphatic heterocycles. The number of furan rings is 3. The molecule has 27 rings (SSSR count). The highest BCUT2D eigenvalue weighted by atomic mass is 16.3. The van der Waals surface area contributed by atoms with Crippen LogP contribution in [0.4, 0.5) is 0 Å². The van der Waals surface area contributed by atoms with Crippen LogP contribution in [0, 0.1) is 0 Å². The Kier molecular flexibility index (Phi) is 21.5.